The second kappa shape index (κ2) is 15.2. The molecule has 53 heavy (non-hydrogen) atoms. The highest BCUT2D eigenvalue weighted by Gasteiger charge is 2.50. The molecule has 1 spiro atoms. The van der Waals surface area contributed by atoms with Crippen molar-refractivity contribution in [3.63, 3.8) is 0 Å². The molecular weight excluding hydrogens is 699 g/mol. The first kappa shape index (κ1) is 36.5. The van der Waals surface area contributed by atoms with Crippen LogP contribution in [-0.4, -0.2) is 59.8 Å². The first-order chi connectivity index (χ1) is 25.6. The molecule has 3 atom stereocenters. The van der Waals surface area contributed by atoms with E-state index in [2.05, 4.69) is 20.4 Å². The average molecular weight is 737 g/mol. The lowest BCUT2D eigenvalue weighted by Crippen LogP contribution is -2.57. The Bertz CT molecular complexity index is 1930. The van der Waals surface area contributed by atoms with E-state index in [1.54, 1.807) is 24.3 Å². The normalized spacial score (nSPS) is 21.5. The monoisotopic (exact) mass is 736 g/mol. The second-order valence-corrected chi connectivity index (χ2v) is 13.5. The van der Waals surface area contributed by atoms with Gasteiger partial charge in [0.25, 0.3) is 5.91 Å². The number of rotatable bonds is 9. The van der Waals surface area contributed by atoms with Crippen LogP contribution >= 0.6 is 0 Å². The van der Waals surface area contributed by atoms with Crippen molar-refractivity contribution in [2.75, 3.05) is 31.2 Å². The van der Waals surface area contributed by atoms with Crippen molar-refractivity contribution in [3.8, 4) is 0 Å². The third kappa shape index (κ3) is 7.23. The van der Waals surface area contributed by atoms with Crippen molar-refractivity contribution in [2.45, 2.75) is 56.5 Å². The summed E-state index contributed by atoms with van der Waals surface area (Å²) in [6.07, 6.45) is 0.447. The first-order valence-electron chi connectivity index (χ1n) is 17.3. The van der Waals surface area contributed by atoms with Gasteiger partial charge >= 0.3 is 0 Å². The Kier molecular flexibility index (Phi) is 10.5. The molecule has 0 saturated carbocycles. The molecule has 7 rings (SSSR count). The van der Waals surface area contributed by atoms with Crippen LogP contribution in [0.4, 0.5) is 27.6 Å². The Labute approximate surface area is 302 Å². The van der Waals surface area contributed by atoms with Crippen LogP contribution in [0.1, 0.15) is 64.3 Å². The molecule has 14 heteroatoms. The van der Waals surface area contributed by atoms with Gasteiger partial charge in [-0.25, -0.2) is 22.0 Å². The Morgan fingerprint density at radius 2 is 1.42 bits per heavy atom. The van der Waals surface area contributed by atoms with Crippen molar-refractivity contribution in [1.82, 2.24) is 15.5 Å². The number of halogens is 5. The van der Waals surface area contributed by atoms with Crippen LogP contribution in [0.25, 0.3) is 0 Å². The fourth-order valence-corrected chi connectivity index (χ4v) is 7.33. The molecule has 0 aromatic heterocycles. The van der Waals surface area contributed by atoms with Gasteiger partial charge in [0.05, 0.1) is 25.5 Å². The Balaban J connectivity index is 1.03. The van der Waals surface area contributed by atoms with Crippen LogP contribution < -0.4 is 15.5 Å². The lowest BCUT2D eigenvalue weighted by Gasteiger charge is -2.45. The quantitative estimate of drug-likeness (QED) is 0.114. The number of nitrogens with zero attached hydrogens (tertiary/aromatic N) is 2. The fraction of sp³-hybridized carbons (Fsp3) is 0.333. The molecule has 278 valence electrons. The van der Waals surface area contributed by atoms with Gasteiger partial charge in [-0.15, -0.1) is 0 Å². The SMILES string of the molecule is O=C(NCc1ccc([C@H]2O[C@@H](CN3CCC4(CC3)C(=O)NCN4c3ccccc3)C[C@@H](c3ccc(CO)cc3)O2)cc1)c1c(F)c(F)c(F)c(F)c1F. The molecule has 3 heterocycles. The smallest absolute Gasteiger partial charge is 0.257 e. The highest BCUT2D eigenvalue weighted by Crippen LogP contribution is 2.40. The minimum absolute atomic E-state index is 0.0374. The number of aliphatic hydroxyl groups excluding tert-OH is 1. The minimum Gasteiger partial charge on any atom is -0.392 e. The molecule has 4 aromatic rings. The number of likely N-dealkylation sites (tertiary alicyclic amines) is 1. The number of ether oxygens (including phenoxy) is 2. The Hall–Kier alpha value is -4.89. The molecule has 0 bridgehead atoms. The summed E-state index contributed by atoms with van der Waals surface area (Å²) in [5.41, 5.74) is 1.63. The van der Waals surface area contributed by atoms with Crippen LogP contribution in [0.5, 0.6) is 0 Å². The van der Waals surface area contributed by atoms with Crippen molar-refractivity contribution in [2.24, 2.45) is 0 Å². The van der Waals surface area contributed by atoms with Crippen LogP contribution in [0.15, 0.2) is 78.9 Å². The van der Waals surface area contributed by atoms with Crippen LogP contribution in [0, 0.1) is 29.1 Å². The number of amides is 2. The first-order valence-corrected chi connectivity index (χ1v) is 17.3. The predicted molar refractivity (Wildman–Crippen MR) is 183 cm³/mol. The van der Waals surface area contributed by atoms with E-state index < -0.39 is 52.4 Å². The number of aliphatic hydroxyl groups is 1. The van der Waals surface area contributed by atoms with E-state index >= 15 is 0 Å². The van der Waals surface area contributed by atoms with Crippen molar-refractivity contribution >= 4 is 17.5 Å². The number of anilines is 1. The number of piperidine rings is 1. The summed E-state index contributed by atoms with van der Waals surface area (Å²) in [6, 6.07) is 24.1. The highest BCUT2D eigenvalue weighted by atomic mass is 19.2. The zero-order chi connectivity index (χ0) is 37.3. The molecule has 2 amide bonds. The minimum atomic E-state index is -2.34. The van der Waals surface area contributed by atoms with Gasteiger partial charge in [-0.05, 0) is 41.7 Å². The number of para-hydroxylation sites is 1. The van der Waals surface area contributed by atoms with Gasteiger partial charge < -0.3 is 35.0 Å². The number of hydrogen-bond donors (Lipinski definition) is 3. The van der Waals surface area contributed by atoms with Crippen molar-refractivity contribution < 1.29 is 46.1 Å². The van der Waals surface area contributed by atoms with Gasteiger partial charge in [0.15, 0.2) is 29.6 Å². The molecule has 9 nitrogen and oxygen atoms in total. The third-order valence-corrected chi connectivity index (χ3v) is 10.3. The number of nitrogens with one attached hydrogen (secondary N) is 2. The summed E-state index contributed by atoms with van der Waals surface area (Å²) in [5, 5.41) is 14.8. The number of benzene rings is 4. The molecule has 0 radical (unpaired) electrons. The molecule has 3 aliphatic heterocycles. The maximum atomic E-state index is 14.1. The zero-order valence-electron chi connectivity index (χ0n) is 28.5. The van der Waals surface area contributed by atoms with E-state index in [-0.39, 0.29) is 31.3 Å². The van der Waals surface area contributed by atoms with E-state index in [4.69, 9.17) is 9.47 Å². The molecular formula is C39H37F5N4O5. The average Bonchev–Trinajstić information content (AvgIpc) is 3.51. The summed E-state index contributed by atoms with van der Waals surface area (Å²) in [7, 11) is 0. The van der Waals surface area contributed by atoms with Crippen LogP contribution in [0.2, 0.25) is 0 Å². The standard InChI is InChI=1S/C39H37F5N4O5/c40-31-30(32(41)34(43)35(44)33(31)42)36(50)45-19-23-6-12-26(13-7-23)37-52-28(18-29(53-37)25-10-8-24(21-49)9-11-25)20-47-16-14-39(15-17-47)38(51)46-22-48(39)27-4-2-1-3-5-27/h1-13,28-29,37,49H,14-22H2,(H,45,50)(H,46,51)/t28-,29+,37+/m1/s1. The lowest BCUT2D eigenvalue weighted by atomic mass is 9.85. The predicted octanol–water partition coefficient (Wildman–Crippen LogP) is 5.78. The number of carbonyl (C=O) groups excluding carboxylic acids is 2. The van der Waals surface area contributed by atoms with Gasteiger partial charge in [-0.1, -0.05) is 66.7 Å². The third-order valence-electron chi connectivity index (χ3n) is 10.3. The van der Waals surface area contributed by atoms with E-state index in [1.165, 1.54) is 0 Å². The van der Waals surface area contributed by atoms with E-state index in [9.17, 15) is 36.6 Å². The van der Waals surface area contributed by atoms with E-state index in [0.717, 1.165) is 16.8 Å². The molecule has 3 fully saturated rings. The van der Waals surface area contributed by atoms with Gasteiger partial charge in [0.2, 0.25) is 11.7 Å². The van der Waals surface area contributed by atoms with Crippen LogP contribution in [-0.2, 0) is 27.4 Å². The molecule has 0 aliphatic carbocycles. The highest BCUT2D eigenvalue weighted by molar-refractivity contribution is 5.95. The largest absolute Gasteiger partial charge is 0.392 e. The molecule has 3 aliphatic rings. The topological polar surface area (TPSA) is 103 Å². The van der Waals surface area contributed by atoms with Crippen molar-refractivity contribution in [1.29, 1.82) is 0 Å². The summed E-state index contributed by atoms with van der Waals surface area (Å²) >= 11 is 0. The second-order valence-electron chi connectivity index (χ2n) is 13.5. The summed E-state index contributed by atoms with van der Waals surface area (Å²) in [4.78, 5) is 30.1. The molecule has 3 saturated heterocycles. The Morgan fingerprint density at radius 3 is 2.06 bits per heavy atom. The summed E-state index contributed by atoms with van der Waals surface area (Å²) < 4.78 is 81.9. The fourth-order valence-electron chi connectivity index (χ4n) is 7.33. The van der Waals surface area contributed by atoms with Gasteiger partial charge in [0, 0.05) is 43.9 Å². The molecule has 4 aromatic carbocycles. The molecule has 3 N–H and O–H groups in total. The maximum Gasteiger partial charge on any atom is 0.257 e. The van der Waals surface area contributed by atoms with E-state index in [0.29, 0.717) is 56.7 Å². The van der Waals surface area contributed by atoms with Crippen LogP contribution in [0.3, 0.4) is 0 Å². The van der Waals surface area contributed by atoms with E-state index in [1.807, 2.05) is 54.6 Å². The van der Waals surface area contributed by atoms with Gasteiger partial charge in [-0.3, -0.25) is 9.59 Å². The zero-order valence-corrected chi connectivity index (χ0v) is 28.5. The maximum absolute atomic E-state index is 14.1. The summed E-state index contributed by atoms with van der Waals surface area (Å²) in [6.45, 7) is 2.07. The van der Waals surface area contributed by atoms with Gasteiger partial charge in [-0.2, -0.15) is 0 Å². The van der Waals surface area contributed by atoms with Gasteiger partial charge in [0.1, 0.15) is 11.1 Å². The number of carbonyl (C=O) groups is 2. The number of hydrogen-bond acceptors (Lipinski definition) is 7. The molecule has 0 unspecified atom stereocenters. The van der Waals surface area contributed by atoms with Crippen molar-refractivity contribution in [3.05, 3.63) is 136 Å². The lowest BCUT2D eigenvalue weighted by molar-refractivity contribution is -0.253. The summed E-state index contributed by atoms with van der Waals surface area (Å²) in [5.74, 6) is -12.6. The Morgan fingerprint density at radius 1 is 0.811 bits per heavy atom.